The molecule has 0 aromatic heterocycles. The normalized spacial score (nSPS) is 23.8. The van der Waals surface area contributed by atoms with Crippen molar-refractivity contribution in [2.24, 2.45) is 0 Å². The molecule has 2 aliphatic heterocycles. The van der Waals surface area contributed by atoms with Crippen LogP contribution in [0.2, 0.25) is 0 Å². The van der Waals surface area contributed by atoms with E-state index in [1.165, 1.54) is 12.1 Å². The van der Waals surface area contributed by atoms with E-state index in [0.717, 1.165) is 37.8 Å². The number of rotatable bonds is 4. The maximum atomic E-state index is 13.1. The van der Waals surface area contributed by atoms with E-state index in [4.69, 9.17) is 5.26 Å². The largest absolute Gasteiger partial charge is 0.335 e. The number of hydrogen-bond acceptors (Lipinski definition) is 3. The van der Waals surface area contributed by atoms with Gasteiger partial charge in [-0.05, 0) is 67.6 Å². The van der Waals surface area contributed by atoms with Crippen molar-refractivity contribution in [3.8, 4) is 6.07 Å². The molecule has 2 aliphatic rings. The second-order valence-corrected chi connectivity index (χ2v) is 7.64. The fourth-order valence-corrected chi connectivity index (χ4v) is 4.43. The van der Waals surface area contributed by atoms with Crippen LogP contribution in [0.1, 0.15) is 36.8 Å². The zero-order chi connectivity index (χ0) is 19.5. The zero-order valence-corrected chi connectivity index (χ0v) is 15.6. The van der Waals surface area contributed by atoms with E-state index < -0.39 is 0 Å². The smallest absolute Gasteiger partial charge is 0.319 e. The Balaban J connectivity index is 1.31. The number of carbonyl (C=O) groups is 1. The molecule has 2 bridgehead atoms. The standard InChI is InChI=1S/C22H23FN4O/c23-17-5-1-16(2-6-17)14-27-20-9-10-21(27)12-19(11-20)26-22(28)25-18-7-3-15(13-24)4-8-18/h1-8,19-21H,9-12,14H2,(H2,25,26,28). The van der Waals surface area contributed by atoms with Crippen molar-refractivity contribution >= 4 is 11.7 Å². The van der Waals surface area contributed by atoms with E-state index in [2.05, 4.69) is 21.6 Å². The van der Waals surface area contributed by atoms with E-state index in [-0.39, 0.29) is 17.9 Å². The Kier molecular flexibility index (Phi) is 5.27. The van der Waals surface area contributed by atoms with E-state index in [0.29, 0.717) is 23.3 Å². The number of urea groups is 1. The van der Waals surface area contributed by atoms with Gasteiger partial charge in [-0.2, -0.15) is 5.26 Å². The summed E-state index contributed by atoms with van der Waals surface area (Å²) in [6, 6.07) is 16.5. The van der Waals surface area contributed by atoms with Crippen molar-refractivity contribution in [1.82, 2.24) is 10.2 Å². The van der Waals surface area contributed by atoms with Crippen molar-refractivity contribution in [3.63, 3.8) is 0 Å². The second kappa shape index (κ2) is 7.99. The van der Waals surface area contributed by atoms with Gasteiger partial charge in [-0.3, -0.25) is 4.90 Å². The summed E-state index contributed by atoms with van der Waals surface area (Å²) in [6.07, 6.45) is 4.14. The number of benzene rings is 2. The minimum atomic E-state index is -0.207. The molecule has 2 fully saturated rings. The highest BCUT2D eigenvalue weighted by molar-refractivity contribution is 5.89. The average Bonchev–Trinajstić information content (AvgIpc) is 2.92. The molecule has 2 unspecified atom stereocenters. The highest BCUT2D eigenvalue weighted by atomic mass is 19.1. The molecule has 28 heavy (non-hydrogen) atoms. The third-order valence-electron chi connectivity index (χ3n) is 5.77. The number of piperidine rings is 1. The third-order valence-corrected chi connectivity index (χ3v) is 5.77. The fraction of sp³-hybridized carbons (Fsp3) is 0.364. The number of anilines is 1. The highest BCUT2D eigenvalue weighted by Gasteiger charge is 2.40. The van der Waals surface area contributed by atoms with Gasteiger partial charge in [0, 0.05) is 30.4 Å². The number of nitrogens with one attached hydrogen (secondary N) is 2. The molecule has 0 saturated carbocycles. The molecular weight excluding hydrogens is 355 g/mol. The fourth-order valence-electron chi connectivity index (χ4n) is 4.43. The lowest BCUT2D eigenvalue weighted by atomic mass is 9.96. The van der Waals surface area contributed by atoms with E-state index in [1.807, 2.05) is 12.1 Å². The van der Waals surface area contributed by atoms with Gasteiger partial charge < -0.3 is 10.6 Å². The first kappa shape index (κ1) is 18.5. The first-order chi connectivity index (χ1) is 13.6. The first-order valence-corrected chi connectivity index (χ1v) is 9.68. The minimum Gasteiger partial charge on any atom is -0.335 e. The highest BCUT2D eigenvalue weighted by Crippen LogP contribution is 2.36. The summed E-state index contributed by atoms with van der Waals surface area (Å²) in [4.78, 5) is 14.8. The topological polar surface area (TPSA) is 68.2 Å². The summed E-state index contributed by atoms with van der Waals surface area (Å²) in [6.45, 7) is 0.833. The van der Waals surface area contributed by atoms with Gasteiger partial charge in [0.25, 0.3) is 0 Å². The predicted molar refractivity (Wildman–Crippen MR) is 105 cm³/mol. The van der Waals surface area contributed by atoms with Gasteiger partial charge in [-0.1, -0.05) is 12.1 Å². The van der Waals surface area contributed by atoms with Crippen LogP contribution < -0.4 is 10.6 Å². The van der Waals surface area contributed by atoms with Gasteiger partial charge in [0.15, 0.2) is 0 Å². The van der Waals surface area contributed by atoms with Crippen LogP contribution in [0.5, 0.6) is 0 Å². The molecule has 2 aromatic carbocycles. The molecule has 2 amide bonds. The Labute approximate surface area is 164 Å². The van der Waals surface area contributed by atoms with Crippen LogP contribution >= 0.6 is 0 Å². The molecule has 2 N–H and O–H groups in total. The van der Waals surface area contributed by atoms with Gasteiger partial charge >= 0.3 is 6.03 Å². The van der Waals surface area contributed by atoms with Gasteiger partial charge in [-0.15, -0.1) is 0 Å². The second-order valence-electron chi connectivity index (χ2n) is 7.64. The molecule has 144 valence electrons. The van der Waals surface area contributed by atoms with Crippen molar-refractivity contribution in [2.75, 3.05) is 5.32 Å². The van der Waals surface area contributed by atoms with Crippen LogP contribution in [0.3, 0.4) is 0 Å². The van der Waals surface area contributed by atoms with Crippen LogP contribution in [0, 0.1) is 17.1 Å². The molecule has 4 rings (SSSR count). The van der Waals surface area contributed by atoms with Crippen LogP contribution in [0.15, 0.2) is 48.5 Å². The lowest BCUT2D eigenvalue weighted by molar-refractivity contribution is 0.112. The van der Waals surface area contributed by atoms with Gasteiger partial charge in [0.05, 0.1) is 11.6 Å². The summed E-state index contributed by atoms with van der Waals surface area (Å²) in [5.41, 5.74) is 2.37. The lowest BCUT2D eigenvalue weighted by Crippen LogP contribution is -2.50. The monoisotopic (exact) mass is 378 g/mol. The Morgan fingerprint density at radius 1 is 1.07 bits per heavy atom. The number of carbonyl (C=O) groups excluding carboxylic acids is 1. The number of nitrogens with zero attached hydrogens (tertiary/aromatic N) is 2. The Bertz CT molecular complexity index is 861. The molecule has 2 saturated heterocycles. The minimum absolute atomic E-state index is 0.153. The predicted octanol–water partition coefficient (Wildman–Crippen LogP) is 4.01. The number of hydrogen-bond donors (Lipinski definition) is 2. The molecule has 6 heteroatoms. The summed E-state index contributed by atoms with van der Waals surface area (Å²) in [5.74, 6) is -0.206. The molecule has 0 spiro atoms. The van der Waals surface area contributed by atoms with Crippen LogP contribution in [0.4, 0.5) is 14.9 Å². The maximum absolute atomic E-state index is 13.1. The maximum Gasteiger partial charge on any atom is 0.319 e. The van der Waals surface area contributed by atoms with Gasteiger partial charge in [0.1, 0.15) is 5.82 Å². The van der Waals surface area contributed by atoms with Crippen LogP contribution in [-0.2, 0) is 6.54 Å². The summed E-state index contributed by atoms with van der Waals surface area (Å²) >= 11 is 0. The molecule has 5 nitrogen and oxygen atoms in total. The number of nitriles is 1. The number of halogens is 1. The van der Waals surface area contributed by atoms with Crippen LogP contribution in [-0.4, -0.2) is 29.1 Å². The van der Waals surface area contributed by atoms with Gasteiger partial charge in [0.2, 0.25) is 0 Å². The van der Waals surface area contributed by atoms with Crippen LogP contribution in [0.25, 0.3) is 0 Å². The summed E-state index contributed by atoms with van der Waals surface area (Å²) in [5, 5.41) is 14.8. The lowest BCUT2D eigenvalue weighted by Gasteiger charge is -2.39. The molecule has 2 atom stereocenters. The zero-order valence-electron chi connectivity index (χ0n) is 15.6. The quantitative estimate of drug-likeness (QED) is 0.845. The average molecular weight is 378 g/mol. The molecule has 2 heterocycles. The molecule has 2 aromatic rings. The SMILES string of the molecule is N#Cc1ccc(NC(=O)NC2CC3CCC(C2)N3Cc2ccc(F)cc2)cc1. The van der Waals surface area contributed by atoms with E-state index in [9.17, 15) is 9.18 Å². The Morgan fingerprint density at radius 3 is 2.32 bits per heavy atom. The first-order valence-electron chi connectivity index (χ1n) is 9.68. The number of fused-ring (bicyclic) bond motifs is 2. The van der Waals surface area contributed by atoms with E-state index in [1.54, 1.807) is 24.3 Å². The van der Waals surface area contributed by atoms with Gasteiger partial charge in [-0.25, -0.2) is 9.18 Å². The van der Waals surface area contributed by atoms with Crippen molar-refractivity contribution in [3.05, 3.63) is 65.5 Å². The molecule has 0 radical (unpaired) electrons. The van der Waals surface area contributed by atoms with Crippen molar-refractivity contribution in [2.45, 2.75) is 50.4 Å². The molecular formula is C22H23FN4O. The summed E-state index contributed by atoms with van der Waals surface area (Å²) in [7, 11) is 0. The summed E-state index contributed by atoms with van der Waals surface area (Å²) < 4.78 is 13.1. The molecule has 0 aliphatic carbocycles. The van der Waals surface area contributed by atoms with Crippen molar-refractivity contribution < 1.29 is 9.18 Å². The third kappa shape index (κ3) is 4.15. The van der Waals surface area contributed by atoms with E-state index >= 15 is 0 Å². The Morgan fingerprint density at radius 2 is 1.71 bits per heavy atom. The van der Waals surface area contributed by atoms with Crippen molar-refractivity contribution in [1.29, 1.82) is 5.26 Å². The number of amides is 2. The Hall–Kier alpha value is -2.91.